The second-order valence-electron chi connectivity index (χ2n) is 5.99. The van der Waals surface area contributed by atoms with Crippen LogP contribution in [0.3, 0.4) is 0 Å². The number of amides is 4. The van der Waals surface area contributed by atoms with E-state index in [1.165, 1.54) is 6.07 Å². The topological polar surface area (TPSA) is 139 Å². The summed E-state index contributed by atoms with van der Waals surface area (Å²) in [5.74, 6) is -2.09. The van der Waals surface area contributed by atoms with Gasteiger partial charge in [0.05, 0.1) is 16.1 Å². The molecule has 0 fully saturated rings. The number of hydrogen-bond acceptors (Lipinski definition) is 6. The number of nitro benzene ring substituents is 1. The Morgan fingerprint density at radius 2 is 1.70 bits per heavy atom. The smallest absolute Gasteiger partial charge is 0.270 e. The van der Waals surface area contributed by atoms with Gasteiger partial charge in [-0.3, -0.25) is 34.2 Å². The molecule has 0 saturated carbocycles. The van der Waals surface area contributed by atoms with E-state index in [2.05, 4.69) is 10.6 Å². The molecule has 0 aliphatic carbocycles. The van der Waals surface area contributed by atoms with Crippen LogP contribution in [-0.4, -0.2) is 53.1 Å². The number of fused-ring (bicyclic) bond motifs is 1. The highest BCUT2D eigenvalue weighted by Crippen LogP contribution is 2.26. The summed E-state index contributed by atoms with van der Waals surface area (Å²) in [6, 6.07) is 3.37. The number of rotatable bonds is 9. The SMILES string of the molecule is CCCCC(=O)NCCNC(=O)CN1C(=O)c2ccc([N+](=O)[O-])cc2C1=O. The van der Waals surface area contributed by atoms with Crippen LogP contribution >= 0.6 is 0 Å². The van der Waals surface area contributed by atoms with Crippen molar-refractivity contribution in [3.8, 4) is 0 Å². The first-order valence-corrected chi connectivity index (χ1v) is 8.53. The summed E-state index contributed by atoms with van der Waals surface area (Å²) in [5, 5.41) is 16.0. The summed E-state index contributed by atoms with van der Waals surface area (Å²) in [4.78, 5) is 58.8. The zero-order valence-corrected chi connectivity index (χ0v) is 14.8. The molecular weight excluding hydrogens is 356 g/mol. The molecule has 0 radical (unpaired) electrons. The Bertz CT molecular complexity index is 792. The molecule has 1 aliphatic rings. The van der Waals surface area contributed by atoms with Crippen molar-refractivity contribution in [3.63, 3.8) is 0 Å². The molecule has 10 nitrogen and oxygen atoms in total. The number of nitro groups is 1. The van der Waals surface area contributed by atoms with Crippen molar-refractivity contribution >= 4 is 29.3 Å². The van der Waals surface area contributed by atoms with E-state index in [9.17, 15) is 29.3 Å². The van der Waals surface area contributed by atoms with E-state index in [4.69, 9.17) is 0 Å². The van der Waals surface area contributed by atoms with Gasteiger partial charge in [0.1, 0.15) is 6.54 Å². The number of nitrogens with zero attached hydrogens (tertiary/aromatic N) is 2. The van der Waals surface area contributed by atoms with Gasteiger partial charge in [-0.05, 0) is 12.5 Å². The maximum atomic E-state index is 12.3. The summed E-state index contributed by atoms with van der Waals surface area (Å²) < 4.78 is 0. The number of nitrogens with one attached hydrogen (secondary N) is 2. The van der Waals surface area contributed by atoms with Crippen molar-refractivity contribution in [2.45, 2.75) is 26.2 Å². The fraction of sp³-hybridized carbons (Fsp3) is 0.412. The molecule has 1 aliphatic heterocycles. The molecule has 2 rings (SSSR count). The van der Waals surface area contributed by atoms with Crippen molar-refractivity contribution in [1.29, 1.82) is 0 Å². The molecule has 0 bridgehead atoms. The Hall–Kier alpha value is -3.30. The first-order chi connectivity index (χ1) is 12.8. The van der Waals surface area contributed by atoms with E-state index in [1.807, 2.05) is 6.92 Å². The second kappa shape index (κ2) is 8.88. The lowest BCUT2D eigenvalue weighted by Gasteiger charge is -2.13. The molecule has 144 valence electrons. The van der Waals surface area contributed by atoms with Gasteiger partial charge in [0.25, 0.3) is 17.5 Å². The molecule has 0 spiro atoms. The molecule has 1 aromatic carbocycles. The van der Waals surface area contributed by atoms with Gasteiger partial charge in [-0.15, -0.1) is 0 Å². The van der Waals surface area contributed by atoms with Gasteiger partial charge in [-0.2, -0.15) is 0 Å². The monoisotopic (exact) mass is 376 g/mol. The summed E-state index contributed by atoms with van der Waals surface area (Å²) in [6.45, 7) is 1.88. The van der Waals surface area contributed by atoms with E-state index in [-0.39, 0.29) is 35.8 Å². The molecule has 4 amide bonds. The predicted molar refractivity (Wildman–Crippen MR) is 94.0 cm³/mol. The van der Waals surface area contributed by atoms with E-state index >= 15 is 0 Å². The number of carbonyl (C=O) groups excluding carboxylic acids is 4. The van der Waals surface area contributed by atoms with Crippen LogP contribution in [0.25, 0.3) is 0 Å². The van der Waals surface area contributed by atoms with Crippen LogP contribution < -0.4 is 10.6 Å². The van der Waals surface area contributed by atoms with Crippen molar-refractivity contribution in [3.05, 3.63) is 39.4 Å². The molecule has 10 heteroatoms. The third-order valence-corrected chi connectivity index (χ3v) is 3.99. The largest absolute Gasteiger partial charge is 0.354 e. The highest BCUT2D eigenvalue weighted by atomic mass is 16.6. The maximum Gasteiger partial charge on any atom is 0.270 e. The van der Waals surface area contributed by atoms with Crippen LogP contribution in [0.1, 0.15) is 46.9 Å². The first-order valence-electron chi connectivity index (χ1n) is 8.53. The summed E-state index contributed by atoms with van der Waals surface area (Å²) in [7, 11) is 0. The number of unbranched alkanes of at least 4 members (excludes halogenated alkanes) is 1. The van der Waals surface area contributed by atoms with Crippen LogP contribution in [0, 0.1) is 10.1 Å². The molecule has 0 saturated heterocycles. The fourth-order valence-electron chi connectivity index (χ4n) is 2.56. The molecule has 27 heavy (non-hydrogen) atoms. The normalized spacial score (nSPS) is 12.7. The van der Waals surface area contributed by atoms with Gasteiger partial charge in [-0.1, -0.05) is 13.3 Å². The quantitative estimate of drug-likeness (QED) is 0.280. The van der Waals surface area contributed by atoms with E-state index in [0.717, 1.165) is 29.9 Å². The van der Waals surface area contributed by atoms with Crippen molar-refractivity contribution in [2.75, 3.05) is 19.6 Å². The van der Waals surface area contributed by atoms with Crippen LogP contribution in [0.15, 0.2) is 18.2 Å². The van der Waals surface area contributed by atoms with Gasteiger partial charge in [-0.25, -0.2) is 0 Å². The molecule has 0 unspecified atom stereocenters. The maximum absolute atomic E-state index is 12.3. The lowest BCUT2D eigenvalue weighted by atomic mass is 10.1. The van der Waals surface area contributed by atoms with E-state index in [0.29, 0.717) is 6.42 Å². The van der Waals surface area contributed by atoms with Crippen LogP contribution in [-0.2, 0) is 9.59 Å². The molecule has 0 aromatic heterocycles. The third kappa shape index (κ3) is 4.87. The highest BCUT2D eigenvalue weighted by molar-refractivity contribution is 6.22. The zero-order valence-electron chi connectivity index (χ0n) is 14.8. The average Bonchev–Trinajstić information content (AvgIpc) is 2.88. The van der Waals surface area contributed by atoms with Crippen molar-refractivity contribution < 1.29 is 24.1 Å². The molecule has 0 atom stereocenters. The number of hydrogen-bond donors (Lipinski definition) is 2. The Morgan fingerprint density at radius 3 is 2.33 bits per heavy atom. The Kier molecular flexibility index (Phi) is 6.58. The molecule has 2 N–H and O–H groups in total. The molecule has 1 heterocycles. The summed E-state index contributed by atoms with van der Waals surface area (Å²) in [5.41, 5.74) is -0.369. The minimum absolute atomic E-state index is 0.0292. The second-order valence-corrected chi connectivity index (χ2v) is 5.99. The first kappa shape index (κ1) is 20.0. The van der Waals surface area contributed by atoms with E-state index in [1.54, 1.807) is 0 Å². The Balaban J connectivity index is 1.86. The Morgan fingerprint density at radius 1 is 1.07 bits per heavy atom. The van der Waals surface area contributed by atoms with E-state index < -0.39 is 29.2 Å². The minimum Gasteiger partial charge on any atom is -0.354 e. The number of non-ortho nitro benzene ring substituents is 1. The lowest BCUT2D eigenvalue weighted by molar-refractivity contribution is -0.384. The summed E-state index contributed by atoms with van der Waals surface area (Å²) in [6.07, 6.45) is 2.12. The third-order valence-electron chi connectivity index (χ3n) is 3.99. The van der Waals surface area contributed by atoms with Gasteiger partial charge < -0.3 is 10.6 Å². The van der Waals surface area contributed by atoms with Gasteiger partial charge in [0.15, 0.2) is 0 Å². The minimum atomic E-state index is -0.748. The number of benzene rings is 1. The standard InChI is InChI=1S/C17H20N4O6/c1-2-3-4-14(22)18-7-8-19-15(23)10-20-16(24)12-6-5-11(21(26)27)9-13(12)17(20)25/h5-6,9H,2-4,7-8,10H2,1H3,(H,18,22)(H,19,23). The van der Waals surface area contributed by atoms with Gasteiger partial charge in [0, 0.05) is 31.6 Å². The van der Waals surface area contributed by atoms with Crippen LogP contribution in [0.2, 0.25) is 0 Å². The van der Waals surface area contributed by atoms with Crippen molar-refractivity contribution in [2.24, 2.45) is 0 Å². The van der Waals surface area contributed by atoms with Crippen LogP contribution in [0.5, 0.6) is 0 Å². The summed E-state index contributed by atoms with van der Waals surface area (Å²) >= 11 is 0. The number of imide groups is 1. The Labute approximate surface area is 155 Å². The average molecular weight is 376 g/mol. The zero-order chi connectivity index (χ0) is 20.0. The predicted octanol–water partition coefficient (Wildman–Crippen LogP) is 0.613. The van der Waals surface area contributed by atoms with Gasteiger partial charge >= 0.3 is 0 Å². The lowest BCUT2D eigenvalue weighted by Crippen LogP contribution is -2.42. The van der Waals surface area contributed by atoms with Crippen LogP contribution in [0.4, 0.5) is 5.69 Å². The van der Waals surface area contributed by atoms with Gasteiger partial charge in [0.2, 0.25) is 11.8 Å². The van der Waals surface area contributed by atoms with Crippen molar-refractivity contribution in [1.82, 2.24) is 15.5 Å². The highest BCUT2D eigenvalue weighted by Gasteiger charge is 2.37. The number of carbonyl (C=O) groups is 4. The molecule has 1 aromatic rings. The molecular formula is C17H20N4O6. The fourth-order valence-corrected chi connectivity index (χ4v) is 2.56.